The van der Waals surface area contributed by atoms with Crippen LogP contribution in [0.4, 0.5) is 10.1 Å². The average Bonchev–Trinajstić information content (AvgIpc) is 2.44. The second-order valence-electron chi connectivity index (χ2n) is 4.01. The topological polar surface area (TPSA) is 45.0 Å². The molecule has 0 atom stereocenters. The minimum Gasteiger partial charge on any atom is -0.496 e. The van der Waals surface area contributed by atoms with Gasteiger partial charge in [0.2, 0.25) is 0 Å². The largest absolute Gasteiger partial charge is 0.496 e. The van der Waals surface area contributed by atoms with E-state index in [0.29, 0.717) is 17.8 Å². The molecule has 0 saturated heterocycles. The van der Waals surface area contributed by atoms with Gasteiger partial charge < -0.3 is 10.1 Å². The molecule has 19 heavy (non-hydrogen) atoms. The van der Waals surface area contributed by atoms with Crippen LogP contribution in [0.25, 0.3) is 0 Å². The Balaban J connectivity index is 2.15. The molecule has 2 aromatic carbocycles. The number of para-hydroxylation sites is 1. The van der Waals surface area contributed by atoms with Crippen LogP contribution in [0, 0.1) is 17.1 Å². The van der Waals surface area contributed by atoms with Crippen molar-refractivity contribution in [3.8, 4) is 11.8 Å². The average molecular weight is 256 g/mol. The van der Waals surface area contributed by atoms with Gasteiger partial charge in [-0.3, -0.25) is 0 Å². The van der Waals surface area contributed by atoms with Gasteiger partial charge in [-0.2, -0.15) is 5.26 Å². The number of ether oxygens (including phenoxy) is 1. The number of nitrogens with zero attached hydrogens (tertiary/aromatic N) is 1. The number of rotatable bonds is 4. The minimum absolute atomic E-state index is 0.294. The number of anilines is 1. The van der Waals surface area contributed by atoms with Gasteiger partial charge in [0.25, 0.3) is 0 Å². The summed E-state index contributed by atoms with van der Waals surface area (Å²) >= 11 is 0. The van der Waals surface area contributed by atoms with Crippen LogP contribution in [-0.2, 0) is 6.54 Å². The molecule has 4 heteroatoms. The van der Waals surface area contributed by atoms with E-state index in [0.717, 1.165) is 11.3 Å². The molecule has 2 rings (SSSR count). The van der Waals surface area contributed by atoms with Crippen LogP contribution in [-0.4, -0.2) is 7.11 Å². The molecule has 2 aromatic rings. The summed E-state index contributed by atoms with van der Waals surface area (Å²) in [4.78, 5) is 0. The highest BCUT2D eigenvalue weighted by Gasteiger charge is 2.03. The number of nitrogens with one attached hydrogen (secondary N) is 1. The lowest BCUT2D eigenvalue weighted by molar-refractivity contribution is 0.410. The molecule has 0 bridgehead atoms. The molecule has 3 nitrogen and oxygen atoms in total. The Labute approximate surface area is 111 Å². The lowest BCUT2D eigenvalue weighted by Crippen LogP contribution is -2.02. The normalized spacial score (nSPS) is 9.74. The van der Waals surface area contributed by atoms with Crippen LogP contribution < -0.4 is 10.1 Å². The first-order valence-corrected chi connectivity index (χ1v) is 5.79. The van der Waals surface area contributed by atoms with Gasteiger partial charge in [-0.15, -0.1) is 0 Å². The van der Waals surface area contributed by atoms with E-state index >= 15 is 0 Å². The predicted molar refractivity (Wildman–Crippen MR) is 71.4 cm³/mol. The highest BCUT2D eigenvalue weighted by molar-refractivity contribution is 5.50. The molecular formula is C15H13FN2O. The molecule has 0 fully saturated rings. The maximum atomic E-state index is 13.3. The minimum atomic E-state index is -0.429. The zero-order valence-corrected chi connectivity index (χ0v) is 10.5. The van der Waals surface area contributed by atoms with Crippen molar-refractivity contribution in [1.82, 2.24) is 0 Å². The third-order valence-corrected chi connectivity index (χ3v) is 2.70. The first-order valence-electron chi connectivity index (χ1n) is 5.79. The number of halogens is 1. The number of hydrogen-bond acceptors (Lipinski definition) is 3. The Kier molecular flexibility index (Phi) is 3.99. The van der Waals surface area contributed by atoms with Crippen molar-refractivity contribution in [3.05, 3.63) is 59.4 Å². The van der Waals surface area contributed by atoms with Gasteiger partial charge in [0.05, 0.1) is 18.7 Å². The van der Waals surface area contributed by atoms with E-state index in [1.165, 1.54) is 12.1 Å². The SMILES string of the molecule is COc1ccccc1CNc1cc(F)cc(C#N)c1. The maximum Gasteiger partial charge on any atom is 0.126 e. The summed E-state index contributed by atoms with van der Waals surface area (Å²) < 4.78 is 18.5. The molecule has 1 N–H and O–H groups in total. The fourth-order valence-electron chi connectivity index (χ4n) is 1.80. The van der Waals surface area contributed by atoms with Gasteiger partial charge in [-0.1, -0.05) is 18.2 Å². The molecule has 0 aliphatic heterocycles. The van der Waals surface area contributed by atoms with Crippen LogP contribution in [0.1, 0.15) is 11.1 Å². The quantitative estimate of drug-likeness (QED) is 0.912. The summed E-state index contributed by atoms with van der Waals surface area (Å²) in [7, 11) is 1.61. The van der Waals surface area contributed by atoms with E-state index in [2.05, 4.69) is 5.32 Å². The zero-order chi connectivity index (χ0) is 13.7. The molecule has 0 aliphatic rings. The predicted octanol–water partition coefficient (Wildman–Crippen LogP) is 3.32. The van der Waals surface area contributed by atoms with Crippen molar-refractivity contribution < 1.29 is 9.13 Å². The highest BCUT2D eigenvalue weighted by Crippen LogP contribution is 2.20. The van der Waals surface area contributed by atoms with Crippen molar-refractivity contribution in [1.29, 1.82) is 5.26 Å². The van der Waals surface area contributed by atoms with Gasteiger partial charge in [0.1, 0.15) is 11.6 Å². The van der Waals surface area contributed by atoms with Crippen LogP contribution >= 0.6 is 0 Å². The summed E-state index contributed by atoms with van der Waals surface area (Å²) in [6, 6.07) is 13.7. The van der Waals surface area contributed by atoms with Crippen LogP contribution in [0.15, 0.2) is 42.5 Å². The van der Waals surface area contributed by atoms with Crippen molar-refractivity contribution in [2.45, 2.75) is 6.54 Å². The van der Waals surface area contributed by atoms with Gasteiger partial charge in [-0.25, -0.2) is 4.39 Å². The van der Waals surface area contributed by atoms with Crippen LogP contribution in [0.3, 0.4) is 0 Å². The summed E-state index contributed by atoms with van der Waals surface area (Å²) in [6.45, 7) is 0.498. The summed E-state index contributed by atoms with van der Waals surface area (Å²) in [5, 5.41) is 11.9. The monoisotopic (exact) mass is 256 g/mol. The van der Waals surface area contributed by atoms with Crippen LogP contribution in [0.5, 0.6) is 5.75 Å². The fraction of sp³-hybridized carbons (Fsp3) is 0.133. The smallest absolute Gasteiger partial charge is 0.126 e. The van der Waals surface area contributed by atoms with Crippen molar-refractivity contribution in [2.24, 2.45) is 0 Å². The number of benzene rings is 2. The molecule has 96 valence electrons. The fourth-order valence-corrected chi connectivity index (χ4v) is 1.80. The number of methoxy groups -OCH3 is 1. The van der Waals surface area contributed by atoms with Gasteiger partial charge >= 0.3 is 0 Å². The third kappa shape index (κ3) is 3.23. The number of hydrogen-bond donors (Lipinski definition) is 1. The van der Waals surface area contributed by atoms with E-state index in [4.69, 9.17) is 10.00 Å². The molecule has 0 radical (unpaired) electrons. The summed E-state index contributed by atoms with van der Waals surface area (Å²) in [5.41, 5.74) is 1.83. The Hall–Kier alpha value is -2.54. The van der Waals surface area contributed by atoms with E-state index < -0.39 is 5.82 Å². The Morgan fingerprint density at radius 2 is 2.05 bits per heavy atom. The van der Waals surface area contributed by atoms with E-state index in [1.54, 1.807) is 13.2 Å². The first-order chi connectivity index (χ1) is 9.22. The van der Waals surface area contributed by atoms with Gasteiger partial charge in [0, 0.05) is 17.8 Å². The van der Waals surface area contributed by atoms with E-state index in [-0.39, 0.29) is 0 Å². The molecule has 0 saturated carbocycles. The Morgan fingerprint density at radius 3 is 2.79 bits per heavy atom. The maximum absolute atomic E-state index is 13.3. The Morgan fingerprint density at radius 1 is 1.26 bits per heavy atom. The lowest BCUT2D eigenvalue weighted by atomic mass is 10.1. The zero-order valence-electron chi connectivity index (χ0n) is 10.5. The molecular weight excluding hydrogens is 243 g/mol. The second kappa shape index (κ2) is 5.87. The second-order valence-corrected chi connectivity index (χ2v) is 4.01. The molecule has 0 aliphatic carbocycles. The van der Waals surface area contributed by atoms with E-state index in [1.807, 2.05) is 30.3 Å². The standard InChI is InChI=1S/C15H13FN2O/c1-19-15-5-3-2-4-12(15)10-18-14-7-11(9-17)6-13(16)8-14/h2-8,18H,10H2,1H3. The number of nitriles is 1. The molecule has 0 heterocycles. The highest BCUT2D eigenvalue weighted by atomic mass is 19.1. The molecule has 0 aromatic heterocycles. The van der Waals surface area contributed by atoms with Crippen molar-refractivity contribution >= 4 is 5.69 Å². The van der Waals surface area contributed by atoms with Gasteiger partial charge in [-0.05, 0) is 24.3 Å². The molecule has 0 unspecified atom stereocenters. The van der Waals surface area contributed by atoms with Crippen LogP contribution in [0.2, 0.25) is 0 Å². The summed E-state index contributed by atoms with van der Waals surface area (Å²) in [6.07, 6.45) is 0. The van der Waals surface area contributed by atoms with E-state index in [9.17, 15) is 4.39 Å². The molecule has 0 spiro atoms. The van der Waals surface area contributed by atoms with Crippen molar-refractivity contribution in [2.75, 3.05) is 12.4 Å². The van der Waals surface area contributed by atoms with Gasteiger partial charge in [0.15, 0.2) is 0 Å². The Bertz CT molecular complexity index is 620. The first kappa shape index (κ1) is 12.9. The van der Waals surface area contributed by atoms with Crippen molar-refractivity contribution in [3.63, 3.8) is 0 Å². The lowest BCUT2D eigenvalue weighted by Gasteiger charge is -2.10. The third-order valence-electron chi connectivity index (χ3n) is 2.70. The molecule has 0 amide bonds. The summed E-state index contributed by atoms with van der Waals surface area (Å²) in [5.74, 6) is 0.341.